The fraction of sp³-hybridized carbons (Fsp3) is 0. The van der Waals surface area contributed by atoms with Crippen LogP contribution in [0, 0.1) is 0 Å². The van der Waals surface area contributed by atoms with Crippen molar-refractivity contribution in [3.63, 3.8) is 0 Å². The van der Waals surface area contributed by atoms with Crippen LogP contribution in [0.1, 0.15) is 26.3 Å². The van der Waals surface area contributed by atoms with Crippen LogP contribution in [0.5, 0.6) is 5.75 Å². The summed E-state index contributed by atoms with van der Waals surface area (Å²) in [5.74, 6) is -0.638. The van der Waals surface area contributed by atoms with Crippen LogP contribution in [-0.2, 0) is 0 Å². The summed E-state index contributed by atoms with van der Waals surface area (Å²) in [6, 6.07) is 20.0. The van der Waals surface area contributed by atoms with Gasteiger partial charge in [0.2, 0.25) is 0 Å². The molecule has 3 nitrogen and oxygen atoms in total. The number of ketones is 1. The summed E-state index contributed by atoms with van der Waals surface area (Å²) in [6.45, 7) is 0. The van der Waals surface area contributed by atoms with Gasteiger partial charge in [-0.1, -0.05) is 53.5 Å². The molecule has 0 fully saturated rings. The Morgan fingerprint density at radius 2 is 1.37 bits per heavy atom. The smallest absolute Gasteiger partial charge is 0.343 e. The molecule has 0 aromatic heterocycles. The summed E-state index contributed by atoms with van der Waals surface area (Å²) in [5.41, 5.74) is 1.48. The van der Waals surface area contributed by atoms with Crippen molar-refractivity contribution >= 4 is 41.0 Å². The third-order valence-corrected chi connectivity index (χ3v) is 4.24. The highest BCUT2D eigenvalue weighted by atomic mass is 35.5. The normalized spacial score (nSPS) is 10.7. The summed E-state index contributed by atoms with van der Waals surface area (Å²) in [5, 5.41) is 1.15. The average molecular weight is 397 g/mol. The monoisotopic (exact) mass is 396 g/mol. The van der Waals surface area contributed by atoms with Crippen LogP contribution in [0.2, 0.25) is 10.0 Å². The summed E-state index contributed by atoms with van der Waals surface area (Å²) < 4.78 is 5.41. The molecule has 0 unspecified atom stereocenters. The topological polar surface area (TPSA) is 43.4 Å². The molecule has 0 saturated heterocycles. The summed E-state index contributed by atoms with van der Waals surface area (Å²) >= 11 is 11.7. The van der Waals surface area contributed by atoms with Crippen molar-refractivity contribution in [2.75, 3.05) is 0 Å². The van der Waals surface area contributed by atoms with E-state index in [1.54, 1.807) is 78.9 Å². The predicted octanol–water partition coefficient (Wildman–Crippen LogP) is 6.11. The van der Waals surface area contributed by atoms with Gasteiger partial charge >= 0.3 is 5.97 Å². The maximum absolute atomic E-state index is 12.5. The number of hydrogen-bond donors (Lipinski definition) is 0. The van der Waals surface area contributed by atoms with E-state index in [1.165, 1.54) is 6.08 Å². The molecule has 0 amide bonds. The first-order chi connectivity index (χ1) is 13.0. The highest BCUT2D eigenvalue weighted by Gasteiger charge is 2.14. The van der Waals surface area contributed by atoms with Gasteiger partial charge in [0.05, 0.1) is 11.1 Å². The van der Waals surface area contributed by atoms with E-state index in [2.05, 4.69) is 0 Å². The molecule has 134 valence electrons. The second-order valence-electron chi connectivity index (χ2n) is 5.64. The van der Waals surface area contributed by atoms with E-state index in [4.69, 9.17) is 27.9 Å². The van der Waals surface area contributed by atoms with Gasteiger partial charge in [0, 0.05) is 10.0 Å². The van der Waals surface area contributed by atoms with Gasteiger partial charge in [-0.2, -0.15) is 0 Å². The first-order valence-corrected chi connectivity index (χ1v) is 8.83. The maximum Gasteiger partial charge on any atom is 0.343 e. The third-order valence-electron chi connectivity index (χ3n) is 3.73. The van der Waals surface area contributed by atoms with Crippen LogP contribution in [0.4, 0.5) is 0 Å². The lowest BCUT2D eigenvalue weighted by Crippen LogP contribution is -2.11. The Hall–Kier alpha value is -2.88. The van der Waals surface area contributed by atoms with Gasteiger partial charge in [-0.3, -0.25) is 4.79 Å². The molecule has 0 aliphatic heterocycles. The van der Waals surface area contributed by atoms with Crippen LogP contribution < -0.4 is 4.74 Å². The highest BCUT2D eigenvalue weighted by Crippen LogP contribution is 2.21. The number of rotatable bonds is 5. The van der Waals surface area contributed by atoms with E-state index in [-0.39, 0.29) is 11.5 Å². The van der Waals surface area contributed by atoms with Crippen molar-refractivity contribution in [2.24, 2.45) is 0 Å². The second kappa shape index (κ2) is 8.67. The van der Waals surface area contributed by atoms with E-state index >= 15 is 0 Å². The van der Waals surface area contributed by atoms with Crippen LogP contribution in [-0.4, -0.2) is 11.8 Å². The summed E-state index contributed by atoms with van der Waals surface area (Å²) in [6.07, 6.45) is 3.11. The molecule has 0 aliphatic rings. The molecule has 0 saturated carbocycles. The quantitative estimate of drug-likeness (QED) is 0.226. The molecular formula is C22H14Cl2O3. The Kier molecular flexibility index (Phi) is 6.07. The fourth-order valence-electron chi connectivity index (χ4n) is 2.34. The molecule has 27 heavy (non-hydrogen) atoms. The van der Waals surface area contributed by atoms with Crippen LogP contribution in [0.25, 0.3) is 6.08 Å². The van der Waals surface area contributed by atoms with Gasteiger partial charge < -0.3 is 4.74 Å². The van der Waals surface area contributed by atoms with Crippen molar-refractivity contribution < 1.29 is 14.3 Å². The molecule has 0 spiro atoms. The van der Waals surface area contributed by atoms with E-state index in [0.717, 1.165) is 5.56 Å². The first kappa shape index (κ1) is 18.9. The van der Waals surface area contributed by atoms with Crippen molar-refractivity contribution in [3.8, 4) is 5.75 Å². The molecule has 0 radical (unpaired) electrons. The van der Waals surface area contributed by atoms with Crippen LogP contribution in [0.3, 0.4) is 0 Å². The van der Waals surface area contributed by atoms with Crippen LogP contribution >= 0.6 is 23.2 Å². The van der Waals surface area contributed by atoms with Gasteiger partial charge in [-0.05, 0) is 60.2 Å². The lowest BCUT2D eigenvalue weighted by atomic mass is 10.1. The SMILES string of the molecule is O=C(Oc1ccccc1C(=O)/C=C/c1ccc(Cl)cc1)c1ccc(Cl)cc1. The largest absolute Gasteiger partial charge is 0.422 e. The number of carbonyl (C=O) groups excluding carboxylic acids is 2. The second-order valence-corrected chi connectivity index (χ2v) is 6.51. The lowest BCUT2D eigenvalue weighted by Gasteiger charge is -2.08. The molecule has 0 atom stereocenters. The minimum absolute atomic E-state index is 0.197. The van der Waals surface area contributed by atoms with Crippen molar-refractivity contribution in [1.29, 1.82) is 0 Å². The van der Waals surface area contributed by atoms with Crippen molar-refractivity contribution in [1.82, 2.24) is 0 Å². The van der Waals surface area contributed by atoms with Gasteiger partial charge in [0.25, 0.3) is 0 Å². The minimum atomic E-state index is -0.561. The van der Waals surface area contributed by atoms with Gasteiger partial charge in [0.1, 0.15) is 5.75 Å². The van der Waals surface area contributed by atoms with Crippen molar-refractivity contribution in [2.45, 2.75) is 0 Å². The summed E-state index contributed by atoms with van der Waals surface area (Å²) in [7, 11) is 0. The molecular weight excluding hydrogens is 383 g/mol. The Bertz CT molecular complexity index is 991. The Balaban J connectivity index is 1.78. The number of esters is 1. The molecule has 0 heterocycles. The highest BCUT2D eigenvalue weighted by molar-refractivity contribution is 6.30. The van der Waals surface area contributed by atoms with Gasteiger partial charge in [-0.25, -0.2) is 4.79 Å². The molecule has 0 bridgehead atoms. The maximum atomic E-state index is 12.5. The summed E-state index contributed by atoms with van der Waals surface area (Å²) in [4.78, 5) is 24.9. The van der Waals surface area contributed by atoms with Gasteiger partial charge in [0.15, 0.2) is 5.78 Å². The Labute approximate surface area is 166 Å². The molecule has 0 N–H and O–H groups in total. The molecule has 3 aromatic rings. The minimum Gasteiger partial charge on any atom is -0.422 e. The van der Waals surface area contributed by atoms with E-state index in [1.807, 2.05) is 0 Å². The lowest BCUT2D eigenvalue weighted by molar-refractivity contribution is 0.0733. The van der Waals surface area contributed by atoms with E-state index < -0.39 is 5.97 Å². The van der Waals surface area contributed by atoms with E-state index in [0.29, 0.717) is 21.2 Å². The molecule has 3 rings (SSSR count). The number of ether oxygens (including phenoxy) is 1. The third kappa shape index (κ3) is 5.07. The zero-order chi connectivity index (χ0) is 19.2. The zero-order valence-corrected chi connectivity index (χ0v) is 15.6. The fourth-order valence-corrected chi connectivity index (χ4v) is 2.59. The number of allylic oxidation sites excluding steroid dienone is 1. The van der Waals surface area contributed by atoms with Gasteiger partial charge in [-0.15, -0.1) is 0 Å². The Morgan fingerprint density at radius 1 is 0.778 bits per heavy atom. The first-order valence-electron chi connectivity index (χ1n) is 8.08. The molecule has 5 heteroatoms. The number of benzene rings is 3. The number of para-hydroxylation sites is 1. The molecule has 3 aromatic carbocycles. The Morgan fingerprint density at radius 3 is 2.04 bits per heavy atom. The zero-order valence-electron chi connectivity index (χ0n) is 14.1. The van der Waals surface area contributed by atoms with Crippen LogP contribution in [0.15, 0.2) is 78.9 Å². The van der Waals surface area contributed by atoms with E-state index in [9.17, 15) is 9.59 Å². The predicted molar refractivity (Wildman–Crippen MR) is 108 cm³/mol. The number of hydrogen-bond acceptors (Lipinski definition) is 3. The average Bonchev–Trinajstić information content (AvgIpc) is 2.68. The number of halogens is 2. The van der Waals surface area contributed by atoms with Crippen molar-refractivity contribution in [3.05, 3.63) is 106 Å². The number of carbonyl (C=O) groups is 2. The molecule has 0 aliphatic carbocycles. The standard InChI is InChI=1S/C22H14Cl2O3/c23-17-10-5-15(6-11-17)7-14-20(25)19-3-1-2-4-21(19)27-22(26)16-8-12-18(24)13-9-16/h1-14H/b14-7+.